The quantitative estimate of drug-likeness (QED) is 0.807. The molecule has 0 bridgehead atoms. The van der Waals surface area contributed by atoms with Crippen molar-refractivity contribution in [1.29, 1.82) is 0 Å². The van der Waals surface area contributed by atoms with Crippen molar-refractivity contribution in [2.75, 3.05) is 7.05 Å². The van der Waals surface area contributed by atoms with Gasteiger partial charge in [-0.1, -0.05) is 19.1 Å². The number of nitrogens with one attached hydrogen (secondary N) is 1. The second-order valence-corrected chi connectivity index (χ2v) is 3.77. The Balaban J connectivity index is 3.14. The Morgan fingerprint density at radius 2 is 2.25 bits per heavy atom. The third-order valence-electron chi connectivity index (χ3n) is 2.91. The highest BCUT2D eigenvalue weighted by Gasteiger charge is 2.31. The first-order valence-corrected chi connectivity index (χ1v) is 5.21. The molecule has 16 heavy (non-hydrogen) atoms. The molecule has 1 unspecified atom stereocenters. The van der Waals surface area contributed by atoms with Gasteiger partial charge in [-0.3, -0.25) is 4.79 Å². The molecule has 1 atom stereocenters. The molecule has 0 amide bonds. The monoisotopic (exact) mass is 225 g/mol. The summed E-state index contributed by atoms with van der Waals surface area (Å²) >= 11 is 0. The largest absolute Gasteiger partial charge is 0.481 e. The van der Waals surface area contributed by atoms with Gasteiger partial charge in [0.1, 0.15) is 5.82 Å². The fraction of sp³-hybridized carbons (Fsp3) is 0.417. The van der Waals surface area contributed by atoms with E-state index in [9.17, 15) is 9.18 Å². The number of carbonyl (C=O) groups is 1. The predicted octanol–water partition coefficient (Wildman–Crippen LogP) is 2.13. The van der Waals surface area contributed by atoms with Crippen LogP contribution in [0.2, 0.25) is 0 Å². The molecular weight excluding hydrogens is 209 g/mol. The fourth-order valence-electron chi connectivity index (χ4n) is 1.88. The van der Waals surface area contributed by atoms with Crippen molar-refractivity contribution in [1.82, 2.24) is 5.32 Å². The van der Waals surface area contributed by atoms with Gasteiger partial charge in [0.05, 0.1) is 12.0 Å². The molecule has 0 aliphatic rings. The molecule has 0 fully saturated rings. The first-order valence-electron chi connectivity index (χ1n) is 5.21. The molecule has 0 heterocycles. The summed E-state index contributed by atoms with van der Waals surface area (Å²) < 4.78 is 13.1. The summed E-state index contributed by atoms with van der Waals surface area (Å²) in [7, 11) is 1.69. The Morgan fingerprint density at radius 3 is 2.69 bits per heavy atom. The van der Waals surface area contributed by atoms with Gasteiger partial charge in [-0.15, -0.1) is 0 Å². The summed E-state index contributed by atoms with van der Waals surface area (Å²) in [6, 6.07) is 6.06. The molecular formula is C12H16FNO2. The standard InChI is InChI=1S/C12H16FNO2/c1-3-12(14-2,8-11(15)16)9-5-4-6-10(13)7-9/h4-7,14H,3,8H2,1-2H3,(H,15,16). The lowest BCUT2D eigenvalue weighted by atomic mass is 9.84. The Kier molecular flexibility index (Phi) is 4.01. The van der Waals surface area contributed by atoms with Crippen LogP contribution in [-0.2, 0) is 10.3 Å². The lowest BCUT2D eigenvalue weighted by Crippen LogP contribution is -2.41. The fourth-order valence-corrected chi connectivity index (χ4v) is 1.88. The summed E-state index contributed by atoms with van der Waals surface area (Å²) in [4.78, 5) is 10.9. The minimum absolute atomic E-state index is 0.0660. The van der Waals surface area contributed by atoms with Gasteiger partial charge in [-0.05, 0) is 31.2 Å². The van der Waals surface area contributed by atoms with Crippen LogP contribution in [0.3, 0.4) is 0 Å². The Morgan fingerprint density at radius 1 is 1.56 bits per heavy atom. The van der Waals surface area contributed by atoms with Crippen LogP contribution in [0.15, 0.2) is 24.3 Å². The third kappa shape index (κ3) is 2.58. The highest BCUT2D eigenvalue weighted by molar-refractivity contribution is 5.69. The van der Waals surface area contributed by atoms with Gasteiger partial charge < -0.3 is 10.4 Å². The van der Waals surface area contributed by atoms with E-state index in [0.717, 1.165) is 0 Å². The number of hydrogen-bond acceptors (Lipinski definition) is 2. The average Bonchev–Trinajstić information content (AvgIpc) is 2.25. The van der Waals surface area contributed by atoms with Gasteiger partial charge in [-0.25, -0.2) is 4.39 Å². The highest BCUT2D eigenvalue weighted by Crippen LogP contribution is 2.28. The molecule has 0 aromatic heterocycles. The summed E-state index contributed by atoms with van der Waals surface area (Å²) in [5.74, 6) is -1.25. The lowest BCUT2D eigenvalue weighted by molar-refractivity contribution is -0.138. The molecule has 1 rings (SSSR count). The summed E-state index contributed by atoms with van der Waals surface area (Å²) in [5, 5.41) is 11.9. The van der Waals surface area contributed by atoms with E-state index in [1.807, 2.05) is 6.92 Å². The smallest absolute Gasteiger partial charge is 0.305 e. The molecule has 3 nitrogen and oxygen atoms in total. The second kappa shape index (κ2) is 5.07. The van der Waals surface area contributed by atoms with Crippen molar-refractivity contribution in [3.8, 4) is 0 Å². The number of halogens is 1. The van der Waals surface area contributed by atoms with Crippen LogP contribution in [0.1, 0.15) is 25.3 Å². The predicted molar refractivity (Wildman–Crippen MR) is 59.7 cm³/mol. The van der Waals surface area contributed by atoms with Crippen molar-refractivity contribution in [2.45, 2.75) is 25.3 Å². The van der Waals surface area contributed by atoms with E-state index >= 15 is 0 Å². The topological polar surface area (TPSA) is 49.3 Å². The minimum Gasteiger partial charge on any atom is -0.481 e. The zero-order valence-corrected chi connectivity index (χ0v) is 9.46. The van der Waals surface area contributed by atoms with Crippen molar-refractivity contribution < 1.29 is 14.3 Å². The molecule has 0 saturated heterocycles. The molecule has 2 N–H and O–H groups in total. The van der Waals surface area contributed by atoms with Gasteiger partial charge >= 0.3 is 5.97 Å². The van der Waals surface area contributed by atoms with Crippen molar-refractivity contribution in [3.63, 3.8) is 0 Å². The van der Waals surface area contributed by atoms with Gasteiger partial charge in [0.2, 0.25) is 0 Å². The number of benzene rings is 1. The first kappa shape index (κ1) is 12.6. The zero-order chi connectivity index (χ0) is 12.2. The van der Waals surface area contributed by atoms with Crippen LogP contribution >= 0.6 is 0 Å². The molecule has 4 heteroatoms. The highest BCUT2D eigenvalue weighted by atomic mass is 19.1. The molecule has 0 aliphatic carbocycles. The van der Waals surface area contributed by atoms with Crippen molar-refractivity contribution >= 4 is 5.97 Å². The van der Waals surface area contributed by atoms with E-state index in [4.69, 9.17) is 5.11 Å². The second-order valence-electron chi connectivity index (χ2n) is 3.77. The Bertz CT molecular complexity index is 375. The van der Waals surface area contributed by atoms with Crippen LogP contribution in [-0.4, -0.2) is 18.1 Å². The number of hydrogen-bond donors (Lipinski definition) is 2. The van der Waals surface area contributed by atoms with Gasteiger partial charge in [0.15, 0.2) is 0 Å². The molecule has 1 aromatic rings. The van der Waals surface area contributed by atoms with E-state index in [1.54, 1.807) is 19.2 Å². The maximum Gasteiger partial charge on any atom is 0.305 e. The van der Waals surface area contributed by atoms with Gasteiger partial charge in [0.25, 0.3) is 0 Å². The van der Waals surface area contributed by atoms with E-state index < -0.39 is 11.5 Å². The van der Waals surface area contributed by atoms with Gasteiger partial charge in [0, 0.05) is 0 Å². The third-order valence-corrected chi connectivity index (χ3v) is 2.91. The number of carboxylic acids is 1. The zero-order valence-electron chi connectivity index (χ0n) is 9.46. The maximum atomic E-state index is 13.1. The van der Waals surface area contributed by atoms with E-state index in [-0.39, 0.29) is 12.2 Å². The van der Waals surface area contributed by atoms with Crippen LogP contribution in [0.4, 0.5) is 4.39 Å². The maximum absolute atomic E-state index is 13.1. The van der Waals surface area contributed by atoms with Gasteiger partial charge in [-0.2, -0.15) is 0 Å². The first-order chi connectivity index (χ1) is 7.54. The number of carboxylic acid groups (broad SMARTS) is 1. The molecule has 0 saturated carbocycles. The summed E-state index contributed by atoms with van der Waals surface area (Å²) in [6.07, 6.45) is 0.517. The average molecular weight is 225 g/mol. The molecule has 1 aromatic carbocycles. The molecule has 0 spiro atoms. The van der Waals surface area contributed by atoms with E-state index in [1.165, 1.54) is 12.1 Å². The molecule has 0 radical (unpaired) electrons. The van der Waals surface area contributed by atoms with E-state index in [0.29, 0.717) is 12.0 Å². The molecule has 0 aliphatic heterocycles. The summed E-state index contributed by atoms with van der Waals surface area (Å²) in [5.41, 5.74) is -0.0339. The van der Waals surface area contributed by atoms with Crippen molar-refractivity contribution in [3.05, 3.63) is 35.6 Å². The Hall–Kier alpha value is -1.42. The summed E-state index contributed by atoms with van der Waals surface area (Å²) in [6.45, 7) is 1.88. The van der Waals surface area contributed by atoms with Crippen LogP contribution in [0.25, 0.3) is 0 Å². The lowest BCUT2D eigenvalue weighted by Gasteiger charge is -2.31. The SMILES string of the molecule is CCC(CC(=O)O)(NC)c1cccc(F)c1. The van der Waals surface area contributed by atoms with Crippen molar-refractivity contribution in [2.24, 2.45) is 0 Å². The minimum atomic E-state index is -0.902. The normalized spacial score (nSPS) is 14.4. The van der Waals surface area contributed by atoms with Crippen LogP contribution in [0.5, 0.6) is 0 Å². The number of aliphatic carboxylic acids is 1. The number of rotatable bonds is 5. The van der Waals surface area contributed by atoms with E-state index in [2.05, 4.69) is 5.32 Å². The van der Waals surface area contributed by atoms with Crippen LogP contribution < -0.4 is 5.32 Å². The Labute approximate surface area is 94.3 Å². The van der Waals surface area contributed by atoms with Crippen LogP contribution in [0, 0.1) is 5.82 Å². The molecule has 88 valence electrons.